The van der Waals surface area contributed by atoms with Crippen LogP contribution in [0.5, 0.6) is 0 Å². The van der Waals surface area contributed by atoms with Gasteiger partial charge in [-0.3, -0.25) is 9.59 Å². The number of carboxylic acid groups (broad SMARTS) is 1. The van der Waals surface area contributed by atoms with E-state index in [1.165, 1.54) is 0 Å². The minimum atomic E-state index is -0.964. The maximum absolute atomic E-state index is 12.5. The van der Waals surface area contributed by atoms with Crippen LogP contribution in [0.2, 0.25) is 10.0 Å². The van der Waals surface area contributed by atoms with E-state index in [2.05, 4.69) is 28.1 Å². The molecular formula is C26H23Cl2N3O3. The summed E-state index contributed by atoms with van der Waals surface area (Å²) in [5.41, 5.74) is 6.07. The quantitative estimate of drug-likeness (QED) is 0.335. The number of carbonyl (C=O) groups excluding carboxylic acids is 1. The molecule has 2 N–H and O–H groups in total. The van der Waals surface area contributed by atoms with E-state index in [1.54, 1.807) is 18.2 Å². The number of nitrogens with one attached hydrogen (secondary N) is 1. The molecule has 1 heterocycles. The van der Waals surface area contributed by atoms with E-state index in [0.717, 1.165) is 33.6 Å². The first-order chi connectivity index (χ1) is 16.2. The van der Waals surface area contributed by atoms with Crippen LogP contribution >= 0.6 is 23.2 Å². The number of aliphatic carboxylic acids is 1. The Hall–Kier alpha value is -3.35. The van der Waals surface area contributed by atoms with Crippen molar-refractivity contribution in [1.82, 2.24) is 14.9 Å². The summed E-state index contributed by atoms with van der Waals surface area (Å²) >= 11 is 12.5. The molecule has 1 amide bonds. The van der Waals surface area contributed by atoms with Crippen LogP contribution in [0.3, 0.4) is 0 Å². The van der Waals surface area contributed by atoms with Gasteiger partial charge in [-0.2, -0.15) is 0 Å². The topological polar surface area (TPSA) is 84.2 Å². The molecule has 0 aliphatic carbocycles. The largest absolute Gasteiger partial charge is 0.481 e. The highest BCUT2D eigenvalue weighted by atomic mass is 35.5. The van der Waals surface area contributed by atoms with E-state index in [0.29, 0.717) is 27.7 Å². The summed E-state index contributed by atoms with van der Waals surface area (Å²) in [5.74, 6) is -0.540. The summed E-state index contributed by atoms with van der Waals surface area (Å²) in [6.45, 7) is 4.63. The van der Waals surface area contributed by atoms with Gasteiger partial charge in [0, 0.05) is 34.3 Å². The second-order valence-electron chi connectivity index (χ2n) is 8.28. The van der Waals surface area contributed by atoms with Crippen LogP contribution < -0.4 is 5.32 Å². The van der Waals surface area contributed by atoms with Crippen LogP contribution in [-0.2, 0) is 11.3 Å². The van der Waals surface area contributed by atoms with Crippen LogP contribution in [0.1, 0.15) is 33.5 Å². The molecule has 0 saturated heterocycles. The fourth-order valence-electron chi connectivity index (χ4n) is 4.03. The number of rotatable bonds is 7. The zero-order valence-electron chi connectivity index (χ0n) is 18.7. The van der Waals surface area contributed by atoms with Crippen molar-refractivity contribution in [1.29, 1.82) is 0 Å². The van der Waals surface area contributed by atoms with Gasteiger partial charge in [-0.05, 0) is 67.9 Å². The number of benzene rings is 3. The third-order valence-electron chi connectivity index (χ3n) is 5.38. The maximum Gasteiger partial charge on any atom is 0.305 e. The average molecular weight is 496 g/mol. The van der Waals surface area contributed by atoms with Crippen LogP contribution in [-0.4, -0.2) is 33.1 Å². The molecule has 4 rings (SSSR count). The molecule has 0 bridgehead atoms. The Labute approximate surface area is 207 Å². The predicted molar refractivity (Wildman–Crippen MR) is 135 cm³/mol. The minimum Gasteiger partial charge on any atom is -0.481 e. The standard InChI is InChI=1S/C26H23Cl2N3O3/c1-15-7-16(2)9-19(8-15)25-30-22-12-18(26(34)29-6-5-24(32)33)3-4-23(22)31(25)14-17-10-20(27)13-21(28)11-17/h3-4,7-13H,5-6,14H2,1-2H3,(H,29,34)(H,32,33). The van der Waals surface area contributed by atoms with Gasteiger partial charge in [-0.1, -0.05) is 40.4 Å². The van der Waals surface area contributed by atoms with Gasteiger partial charge < -0.3 is 15.0 Å². The molecule has 3 aromatic carbocycles. The van der Waals surface area contributed by atoms with Crippen molar-refractivity contribution >= 4 is 46.1 Å². The van der Waals surface area contributed by atoms with Crippen molar-refractivity contribution < 1.29 is 14.7 Å². The summed E-state index contributed by atoms with van der Waals surface area (Å²) in [6.07, 6.45) is -0.137. The second-order valence-corrected chi connectivity index (χ2v) is 9.15. The highest BCUT2D eigenvalue weighted by molar-refractivity contribution is 6.34. The summed E-state index contributed by atoms with van der Waals surface area (Å²) < 4.78 is 2.08. The van der Waals surface area contributed by atoms with Gasteiger partial charge in [0.25, 0.3) is 5.91 Å². The van der Waals surface area contributed by atoms with Gasteiger partial charge in [-0.25, -0.2) is 4.98 Å². The number of fused-ring (bicyclic) bond motifs is 1. The summed E-state index contributed by atoms with van der Waals surface area (Å²) in [6, 6.07) is 17.0. The Bertz CT molecular complexity index is 1370. The van der Waals surface area contributed by atoms with E-state index in [1.807, 2.05) is 32.0 Å². The van der Waals surface area contributed by atoms with Gasteiger partial charge in [-0.15, -0.1) is 0 Å². The fourth-order valence-corrected chi connectivity index (χ4v) is 4.60. The lowest BCUT2D eigenvalue weighted by Crippen LogP contribution is -2.25. The molecule has 8 heteroatoms. The second kappa shape index (κ2) is 9.87. The molecule has 0 aliphatic heterocycles. The molecule has 0 fully saturated rings. The third kappa shape index (κ3) is 5.41. The summed E-state index contributed by atoms with van der Waals surface area (Å²) in [5, 5.41) is 12.5. The predicted octanol–water partition coefficient (Wildman–Crippen LogP) is 5.88. The molecule has 0 radical (unpaired) electrons. The third-order valence-corrected chi connectivity index (χ3v) is 5.81. The van der Waals surface area contributed by atoms with Crippen molar-refractivity contribution in [3.8, 4) is 11.4 Å². The first-order valence-electron chi connectivity index (χ1n) is 10.7. The molecule has 0 spiro atoms. The summed E-state index contributed by atoms with van der Waals surface area (Å²) in [4.78, 5) is 28.1. The van der Waals surface area contributed by atoms with Crippen molar-refractivity contribution in [2.75, 3.05) is 6.54 Å². The normalized spacial score (nSPS) is 11.1. The maximum atomic E-state index is 12.5. The van der Waals surface area contributed by atoms with E-state index >= 15 is 0 Å². The zero-order valence-corrected chi connectivity index (χ0v) is 20.2. The smallest absolute Gasteiger partial charge is 0.305 e. The Morgan fingerprint density at radius 1 is 0.971 bits per heavy atom. The molecule has 34 heavy (non-hydrogen) atoms. The number of amides is 1. The molecule has 174 valence electrons. The van der Waals surface area contributed by atoms with Gasteiger partial charge in [0.15, 0.2) is 0 Å². The van der Waals surface area contributed by atoms with E-state index in [4.69, 9.17) is 33.3 Å². The number of aromatic nitrogens is 2. The van der Waals surface area contributed by atoms with Gasteiger partial charge in [0.1, 0.15) is 5.82 Å². The number of carbonyl (C=O) groups is 2. The number of hydrogen-bond acceptors (Lipinski definition) is 3. The van der Waals surface area contributed by atoms with Crippen molar-refractivity contribution in [2.45, 2.75) is 26.8 Å². The Kier molecular flexibility index (Phi) is 6.91. The number of nitrogens with zero attached hydrogens (tertiary/aromatic N) is 2. The molecular weight excluding hydrogens is 473 g/mol. The SMILES string of the molecule is Cc1cc(C)cc(-c2nc3cc(C(=O)NCCC(=O)O)ccc3n2Cc2cc(Cl)cc(Cl)c2)c1. The van der Waals surface area contributed by atoms with Crippen LogP contribution in [0.25, 0.3) is 22.4 Å². The van der Waals surface area contributed by atoms with Crippen molar-refractivity contribution in [3.63, 3.8) is 0 Å². The van der Waals surface area contributed by atoms with E-state index < -0.39 is 5.97 Å². The molecule has 0 unspecified atom stereocenters. The first kappa shape index (κ1) is 23.8. The van der Waals surface area contributed by atoms with Gasteiger partial charge >= 0.3 is 5.97 Å². The van der Waals surface area contributed by atoms with Crippen molar-refractivity contribution in [3.05, 3.63) is 86.9 Å². The number of hydrogen-bond donors (Lipinski definition) is 2. The number of carboxylic acids is 1. The van der Waals surface area contributed by atoms with E-state index in [-0.39, 0.29) is 18.9 Å². The van der Waals surface area contributed by atoms with Crippen LogP contribution in [0.4, 0.5) is 0 Å². The number of aryl methyl sites for hydroxylation is 2. The lowest BCUT2D eigenvalue weighted by molar-refractivity contribution is -0.136. The molecule has 0 atom stereocenters. The molecule has 0 aliphatic rings. The van der Waals surface area contributed by atoms with Gasteiger partial charge in [0.05, 0.1) is 17.5 Å². The molecule has 6 nitrogen and oxygen atoms in total. The number of imidazole rings is 1. The Morgan fingerprint density at radius 2 is 1.65 bits per heavy atom. The average Bonchev–Trinajstić information content (AvgIpc) is 3.09. The summed E-state index contributed by atoms with van der Waals surface area (Å²) in [7, 11) is 0. The number of halogens is 2. The Morgan fingerprint density at radius 3 is 2.29 bits per heavy atom. The van der Waals surface area contributed by atoms with Crippen molar-refractivity contribution in [2.24, 2.45) is 0 Å². The van der Waals surface area contributed by atoms with E-state index in [9.17, 15) is 9.59 Å². The monoisotopic (exact) mass is 495 g/mol. The highest BCUT2D eigenvalue weighted by Gasteiger charge is 2.16. The molecule has 0 saturated carbocycles. The first-order valence-corrected chi connectivity index (χ1v) is 11.5. The van der Waals surface area contributed by atoms with Crippen LogP contribution in [0, 0.1) is 13.8 Å². The van der Waals surface area contributed by atoms with Gasteiger partial charge in [0.2, 0.25) is 0 Å². The molecule has 4 aromatic rings. The lowest BCUT2D eigenvalue weighted by atomic mass is 10.1. The Balaban J connectivity index is 1.79. The highest BCUT2D eigenvalue weighted by Crippen LogP contribution is 2.29. The molecule has 1 aromatic heterocycles. The lowest BCUT2D eigenvalue weighted by Gasteiger charge is -2.12. The van der Waals surface area contributed by atoms with Crippen LogP contribution in [0.15, 0.2) is 54.6 Å². The zero-order chi connectivity index (χ0) is 24.4. The fraction of sp³-hybridized carbons (Fsp3) is 0.192. The minimum absolute atomic E-state index is 0.0595.